The van der Waals surface area contributed by atoms with Crippen molar-refractivity contribution in [1.29, 1.82) is 5.26 Å². The fourth-order valence-electron chi connectivity index (χ4n) is 5.17. The Labute approximate surface area is 203 Å². The smallest absolute Gasteiger partial charge is 0.164 e. The largest absolute Gasteiger partial charge is 0.493 e. The number of hydrogen-bond donors (Lipinski definition) is 1. The van der Waals surface area contributed by atoms with E-state index in [0.717, 1.165) is 54.9 Å². The highest BCUT2D eigenvalue weighted by molar-refractivity contribution is 6.32. The summed E-state index contributed by atoms with van der Waals surface area (Å²) in [6, 6.07) is 4.34. The minimum atomic E-state index is -0.254. The third-order valence-corrected chi connectivity index (χ3v) is 7.25. The number of aryl methyl sites for hydroxylation is 1. The average molecular weight is 482 g/mol. The van der Waals surface area contributed by atoms with E-state index in [2.05, 4.69) is 20.9 Å². The number of aromatic nitrogens is 4. The van der Waals surface area contributed by atoms with Gasteiger partial charge >= 0.3 is 0 Å². The average Bonchev–Trinajstić information content (AvgIpc) is 3.43. The quantitative estimate of drug-likeness (QED) is 0.569. The summed E-state index contributed by atoms with van der Waals surface area (Å²) in [6.45, 7) is 9.62. The number of nitriles is 1. The van der Waals surface area contributed by atoms with Gasteiger partial charge in [-0.3, -0.25) is 4.90 Å². The van der Waals surface area contributed by atoms with Crippen LogP contribution in [-0.2, 0) is 4.74 Å². The monoisotopic (exact) mass is 481 g/mol. The van der Waals surface area contributed by atoms with Crippen LogP contribution in [0.4, 0.5) is 5.82 Å². The van der Waals surface area contributed by atoms with E-state index >= 15 is 0 Å². The molecule has 3 aromatic rings. The zero-order valence-corrected chi connectivity index (χ0v) is 20.3. The molecule has 0 spiro atoms. The second kappa shape index (κ2) is 9.02. The van der Waals surface area contributed by atoms with Gasteiger partial charge in [0.15, 0.2) is 5.65 Å². The van der Waals surface area contributed by atoms with E-state index in [0.29, 0.717) is 40.4 Å². The van der Waals surface area contributed by atoms with Gasteiger partial charge in [0, 0.05) is 42.8 Å². The van der Waals surface area contributed by atoms with Crippen LogP contribution in [0.1, 0.15) is 54.6 Å². The molecule has 10 heteroatoms. The standard InChI is InChI=1S/C24H28ClN7O2/c1-4-34-22-17(14(3)32-24-20(13(2)30-32)23(27)28-12-29-24)7-19(25)18(8-26)21(22)15-9-31(10-15)16-5-6-33-11-16/h7,12,14-16H,4-6,9-11H2,1-3H3,(H2,27,28,29)/t14-,16?/m0/s1. The van der Waals surface area contributed by atoms with E-state index in [1.165, 1.54) is 6.33 Å². The number of anilines is 1. The molecule has 0 saturated carbocycles. The number of ether oxygens (including phenoxy) is 2. The number of rotatable bonds is 6. The molecule has 2 saturated heterocycles. The molecule has 1 aromatic carbocycles. The zero-order chi connectivity index (χ0) is 24.0. The third kappa shape index (κ3) is 3.66. The van der Waals surface area contributed by atoms with Gasteiger partial charge in [0.25, 0.3) is 0 Å². The molecule has 0 bridgehead atoms. The maximum atomic E-state index is 9.99. The number of benzene rings is 1. The van der Waals surface area contributed by atoms with Crippen LogP contribution in [0.5, 0.6) is 5.75 Å². The van der Waals surface area contributed by atoms with E-state index in [-0.39, 0.29) is 12.0 Å². The summed E-state index contributed by atoms with van der Waals surface area (Å²) in [5.41, 5.74) is 9.75. The van der Waals surface area contributed by atoms with Crippen LogP contribution in [-0.4, -0.2) is 63.6 Å². The van der Waals surface area contributed by atoms with Gasteiger partial charge in [-0.2, -0.15) is 10.4 Å². The molecule has 2 fully saturated rings. The van der Waals surface area contributed by atoms with Gasteiger partial charge in [-0.1, -0.05) is 11.6 Å². The molecule has 0 aliphatic carbocycles. The summed E-state index contributed by atoms with van der Waals surface area (Å²) in [5, 5.41) is 15.9. The predicted octanol–water partition coefficient (Wildman–Crippen LogP) is 3.44. The number of halogens is 1. The van der Waals surface area contributed by atoms with Gasteiger partial charge < -0.3 is 15.2 Å². The van der Waals surface area contributed by atoms with Crippen molar-refractivity contribution < 1.29 is 9.47 Å². The van der Waals surface area contributed by atoms with Crippen LogP contribution in [0, 0.1) is 18.3 Å². The summed E-state index contributed by atoms with van der Waals surface area (Å²) in [5.74, 6) is 1.28. The molecule has 34 heavy (non-hydrogen) atoms. The second-order valence-electron chi connectivity index (χ2n) is 8.94. The summed E-state index contributed by atoms with van der Waals surface area (Å²) in [6.07, 6.45) is 2.49. The SMILES string of the molecule is CCOc1c([C@H](C)n2nc(C)c3c(N)ncnc32)cc(Cl)c(C#N)c1C1CN(C2CCOC2)C1. The van der Waals surface area contributed by atoms with Crippen molar-refractivity contribution in [3.05, 3.63) is 39.8 Å². The Morgan fingerprint density at radius 1 is 1.38 bits per heavy atom. The molecule has 0 radical (unpaired) electrons. The van der Waals surface area contributed by atoms with Gasteiger partial charge in [0.1, 0.15) is 24.0 Å². The molecule has 1 unspecified atom stereocenters. The number of fused-ring (bicyclic) bond motifs is 1. The Hall–Kier alpha value is -2.93. The first kappa shape index (κ1) is 22.8. The minimum absolute atomic E-state index is 0.163. The highest BCUT2D eigenvalue weighted by Gasteiger charge is 2.39. The Kier molecular flexibility index (Phi) is 6.06. The summed E-state index contributed by atoms with van der Waals surface area (Å²) in [7, 11) is 0. The van der Waals surface area contributed by atoms with Gasteiger partial charge in [-0.25, -0.2) is 14.6 Å². The van der Waals surface area contributed by atoms with Crippen LogP contribution in [0.3, 0.4) is 0 Å². The highest BCUT2D eigenvalue weighted by atomic mass is 35.5. The second-order valence-corrected chi connectivity index (χ2v) is 9.35. The molecular formula is C24H28ClN7O2. The maximum Gasteiger partial charge on any atom is 0.164 e. The fraction of sp³-hybridized carbons (Fsp3) is 0.500. The number of hydrogen-bond acceptors (Lipinski definition) is 8. The first-order chi connectivity index (χ1) is 16.4. The number of nitrogens with two attached hydrogens (primary N) is 1. The van der Waals surface area contributed by atoms with Gasteiger partial charge in [0.05, 0.1) is 40.9 Å². The molecule has 4 heterocycles. The minimum Gasteiger partial charge on any atom is -0.493 e. The number of nitrogen functional groups attached to an aromatic ring is 1. The molecule has 5 rings (SSSR count). The summed E-state index contributed by atoms with van der Waals surface area (Å²) >= 11 is 6.69. The summed E-state index contributed by atoms with van der Waals surface area (Å²) in [4.78, 5) is 11.0. The van der Waals surface area contributed by atoms with Crippen molar-refractivity contribution in [2.75, 3.05) is 38.6 Å². The van der Waals surface area contributed by atoms with Crippen molar-refractivity contribution in [2.45, 2.75) is 45.2 Å². The molecular weight excluding hydrogens is 454 g/mol. The lowest BCUT2D eigenvalue weighted by Crippen LogP contribution is -2.51. The van der Waals surface area contributed by atoms with Crippen LogP contribution >= 0.6 is 11.6 Å². The van der Waals surface area contributed by atoms with Crippen LogP contribution < -0.4 is 10.5 Å². The summed E-state index contributed by atoms with van der Waals surface area (Å²) < 4.78 is 13.6. The first-order valence-electron chi connectivity index (χ1n) is 11.6. The third-order valence-electron chi connectivity index (χ3n) is 6.95. The van der Waals surface area contributed by atoms with Crippen molar-refractivity contribution in [3.63, 3.8) is 0 Å². The molecule has 2 atom stereocenters. The maximum absolute atomic E-state index is 9.99. The van der Waals surface area contributed by atoms with E-state index in [1.807, 2.05) is 31.5 Å². The number of nitrogens with zero attached hydrogens (tertiary/aromatic N) is 6. The fourth-order valence-corrected chi connectivity index (χ4v) is 5.43. The van der Waals surface area contributed by atoms with Crippen molar-refractivity contribution >= 4 is 28.5 Å². The molecule has 2 N–H and O–H groups in total. The van der Waals surface area contributed by atoms with Crippen molar-refractivity contribution in [2.24, 2.45) is 0 Å². The lowest BCUT2D eigenvalue weighted by atomic mass is 9.84. The molecule has 2 aliphatic rings. The molecule has 9 nitrogen and oxygen atoms in total. The Balaban J connectivity index is 1.59. The molecule has 178 valence electrons. The van der Waals surface area contributed by atoms with Gasteiger partial charge in [-0.05, 0) is 33.3 Å². The lowest BCUT2D eigenvalue weighted by molar-refractivity contribution is 0.0762. The lowest BCUT2D eigenvalue weighted by Gasteiger charge is -2.44. The van der Waals surface area contributed by atoms with Crippen LogP contribution in [0.2, 0.25) is 5.02 Å². The van der Waals surface area contributed by atoms with Crippen molar-refractivity contribution in [3.8, 4) is 11.8 Å². The molecule has 2 aliphatic heterocycles. The van der Waals surface area contributed by atoms with E-state index < -0.39 is 0 Å². The van der Waals surface area contributed by atoms with Crippen LogP contribution in [0.25, 0.3) is 11.0 Å². The first-order valence-corrected chi connectivity index (χ1v) is 12.0. The van der Waals surface area contributed by atoms with E-state index in [9.17, 15) is 5.26 Å². The molecule has 0 amide bonds. The topological polar surface area (TPSA) is 115 Å². The Morgan fingerprint density at radius 3 is 2.85 bits per heavy atom. The number of likely N-dealkylation sites (tertiary alicyclic amines) is 1. The Bertz CT molecular complexity index is 1270. The highest BCUT2D eigenvalue weighted by Crippen LogP contribution is 2.45. The van der Waals surface area contributed by atoms with E-state index in [4.69, 9.17) is 31.9 Å². The normalized spacial score (nSPS) is 19.8. The van der Waals surface area contributed by atoms with Gasteiger partial charge in [-0.15, -0.1) is 0 Å². The zero-order valence-electron chi connectivity index (χ0n) is 19.6. The van der Waals surface area contributed by atoms with E-state index in [1.54, 1.807) is 0 Å². The van der Waals surface area contributed by atoms with Crippen molar-refractivity contribution in [1.82, 2.24) is 24.6 Å². The predicted molar refractivity (Wildman–Crippen MR) is 129 cm³/mol. The van der Waals surface area contributed by atoms with Gasteiger partial charge in [0.2, 0.25) is 0 Å². The van der Waals surface area contributed by atoms with Crippen LogP contribution in [0.15, 0.2) is 12.4 Å². The Morgan fingerprint density at radius 2 is 2.18 bits per heavy atom. The molecule has 2 aromatic heterocycles.